The van der Waals surface area contributed by atoms with Gasteiger partial charge in [0, 0.05) is 0 Å². The molecule has 0 saturated heterocycles. The summed E-state index contributed by atoms with van der Waals surface area (Å²) in [6.45, 7) is 2.28. The van der Waals surface area contributed by atoms with Crippen LogP contribution < -0.4 is 4.74 Å². The predicted molar refractivity (Wildman–Crippen MR) is 96.2 cm³/mol. The number of hydrogen-bond donors (Lipinski definition) is 0. The lowest BCUT2D eigenvalue weighted by Crippen LogP contribution is -2.00. The Bertz CT molecular complexity index is 481. The minimum absolute atomic E-state index is 0.744. The van der Waals surface area contributed by atoms with E-state index in [2.05, 4.69) is 37.3 Å². The summed E-state index contributed by atoms with van der Waals surface area (Å²) >= 11 is 0. The largest absolute Gasteiger partial charge is 0.497 e. The zero-order valence-electron chi connectivity index (χ0n) is 14.2. The van der Waals surface area contributed by atoms with Gasteiger partial charge in [-0.2, -0.15) is 0 Å². The lowest BCUT2D eigenvalue weighted by Gasteiger charge is -2.16. The topological polar surface area (TPSA) is 9.23 Å². The van der Waals surface area contributed by atoms with E-state index in [0.717, 1.165) is 11.7 Å². The Hall–Kier alpha value is -1.50. The van der Waals surface area contributed by atoms with Crippen LogP contribution in [0.5, 0.6) is 5.75 Å². The molecule has 0 amide bonds. The van der Waals surface area contributed by atoms with Crippen LogP contribution in [-0.4, -0.2) is 7.11 Å². The van der Waals surface area contributed by atoms with E-state index < -0.39 is 0 Å². The van der Waals surface area contributed by atoms with Crippen molar-refractivity contribution in [3.8, 4) is 5.75 Å². The zero-order valence-corrected chi connectivity index (χ0v) is 14.2. The van der Waals surface area contributed by atoms with Crippen LogP contribution in [0, 0.1) is 5.92 Å². The number of methoxy groups -OCH3 is 1. The Balaban J connectivity index is 1.72. The maximum atomic E-state index is 5.22. The Morgan fingerprint density at radius 3 is 2.36 bits per heavy atom. The molecule has 0 spiro atoms. The van der Waals surface area contributed by atoms with Crippen LogP contribution >= 0.6 is 0 Å². The fourth-order valence-corrected chi connectivity index (χ4v) is 3.06. The minimum Gasteiger partial charge on any atom is -0.497 e. The van der Waals surface area contributed by atoms with E-state index in [1.54, 1.807) is 7.11 Å². The monoisotopic (exact) mass is 298 g/mol. The molecule has 120 valence electrons. The Morgan fingerprint density at radius 2 is 1.73 bits per heavy atom. The molecule has 0 bridgehead atoms. The summed E-state index contributed by atoms with van der Waals surface area (Å²) in [5.74, 6) is 1.67. The Labute approximate surface area is 136 Å². The van der Waals surface area contributed by atoms with Crippen molar-refractivity contribution in [1.29, 1.82) is 0 Å². The molecule has 1 aromatic rings. The summed E-state index contributed by atoms with van der Waals surface area (Å²) in [5.41, 5.74) is 2.64. The molecule has 0 N–H and O–H groups in total. The van der Waals surface area contributed by atoms with Crippen molar-refractivity contribution >= 4 is 5.57 Å². The number of allylic oxidation sites excluding steroid dienone is 4. The maximum absolute atomic E-state index is 5.22. The minimum atomic E-state index is 0.744. The van der Waals surface area contributed by atoms with Crippen LogP contribution in [0.3, 0.4) is 0 Å². The van der Waals surface area contributed by atoms with Crippen molar-refractivity contribution in [3.05, 3.63) is 48.1 Å². The van der Waals surface area contributed by atoms with Crippen molar-refractivity contribution in [3.63, 3.8) is 0 Å². The molecule has 0 heterocycles. The fourth-order valence-electron chi connectivity index (χ4n) is 3.06. The van der Waals surface area contributed by atoms with Gasteiger partial charge in [0.15, 0.2) is 0 Å². The van der Waals surface area contributed by atoms with E-state index in [0.29, 0.717) is 0 Å². The molecule has 1 aliphatic carbocycles. The average Bonchev–Trinajstić information content (AvgIpc) is 2.59. The second kappa shape index (κ2) is 9.50. The highest BCUT2D eigenvalue weighted by Gasteiger charge is 2.09. The molecule has 1 heteroatoms. The van der Waals surface area contributed by atoms with Gasteiger partial charge in [-0.15, -0.1) is 0 Å². The van der Waals surface area contributed by atoms with Gasteiger partial charge in [0.25, 0.3) is 0 Å². The SMILES string of the molecule is CCCCCCCCC1C=CC(c2ccc(OC)cc2)=CC1. The van der Waals surface area contributed by atoms with Crippen LogP contribution in [0.15, 0.2) is 42.5 Å². The van der Waals surface area contributed by atoms with Crippen LogP contribution in [0.25, 0.3) is 5.57 Å². The van der Waals surface area contributed by atoms with Gasteiger partial charge in [0.2, 0.25) is 0 Å². The van der Waals surface area contributed by atoms with Crippen molar-refractivity contribution in [1.82, 2.24) is 0 Å². The zero-order chi connectivity index (χ0) is 15.6. The van der Waals surface area contributed by atoms with Gasteiger partial charge in [0.05, 0.1) is 7.11 Å². The first-order valence-corrected chi connectivity index (χ1v) is 8.86. The molecule has 0 radical (unpaired) electrons. The standard InChI is InChI=1S/C21H30O/c1-3-4-5-6-7-8-9-18-10-12-19(13-11-18)20-14-16-21(22-2)17-15-20/h10,12-18H,3-9,11H2,1-2H3. The molecule has 22 heavy (non-hydrogen) atoms. The van der Waals surface area contributed by atoms with Gasteiger partial charge in [0.1, 0.15) is 5.75 Å². The quantitative estimate of drug-likeness (QED) is 0.479. The van der Waals surface area contributed by atoms with E-state index in [-0.39, 0.29) is 0 Å². The summed E-state index contributed by atoms with van der Waals surface area (Å²) in [5, 5.41) is 0. The van der Waals surface area contributed by atoms with E-state index in [1.165, 1.54) is 62.5 Å². The number of unbranched alkanes of at least 4 members (excludes halogenated alkanes) is 5. The highest BCUT2D eigenvalue weighted by atomic mass is 16.5. The highest BCUT2D eigenvalue weighted by molar-refractivity contribution is 5.75. The van der Waals surface area contributed by atoms with Crippen molar-refractivity contribution in [2.75, 3.05) is 7.11 Å². The normalized spacial score (nSPS) is 17.4. The number of ether oxygens (including phenoxy) is 1. The van der Waals surface area contributed by atoms with Crippen LogP contribution in [0.1, 0.15) is 63.9 Å². The van der Waals surface area contributed by atoms with Crippen molar-refractivity contribution in [2.24, 2.45) is 5.92 Å². The first kappa shape index (κ1) is 16.9. The van der Waals surface area contributed by atoms with Crippen LogP contribution in [-0.2, 0) is 0 Å². The average molecular weight is 298 g/mol. The fraction of sp³-hybridized carbons (Fsp3) is 0.524. The maximum Gasteiger partial charge on any atom is 0.118 e. The van der Waals surface area contributed by atoms with Gasteiger partial charge >= 0.3 is 0 Å². The molecular weight excluding hydrogens is 268 g/mol. The number of rotatable bonds is 9. The summed E-state index contributed by atoms with van der Waals surface area (Å²) in [6, 6.07) is 8.35. The van der Waals surface area contributed by atoms with Gasteiger partial charge in [-0.05, 0) is 42.0 Å². The molecule has 0 saturated carbocycles. The third-order valence-corrected chi connectivity index (χ3v) is 4.54. The van der Waals surface area contributed by atoms with Gasteiger partial charge < -0.3 is 4.74 Å². The molecule has 2 rings (SSSR count). The van der Waals surface area contributed by atoms with E-state index in [1.807, 2.05) is 12.1 Å². The molecule has 1 aromatic carbocycles. The Kier molecular flexibility index (Phi) is 7.28. The summed E-state index contributed by atoms with van der Waals surface area (Å²) in [6.07, 6.45) is 18.0. The lowest BCUT2D eigenvalue weighted by molar-refractivity contribution is 0.415. The molecule has 1 unspecified atom stereocenters. The third-order valence-electron chi connectivity index (χ3n) is 4.54. The predicted octanol–water partition coefficient (Wildman–Crippen LogP) is 6.41. The second-order valence-corrected chi connectivity index (χ2v) is 6.30. The highest BCUT2D eigenvalue weighted by Crippen LogP contribution is 2.28. The Morgan fingerprint density at radius 1 is 1.00 bits per heavy atom. The van der Waals surface area contributed by atoms with Crippen LogP contribution in [0.2, 0.25) is 0 Å². The van der Waals surface area contributed by atoms with Gasteiger partial charge in [-0.1, -0.05) is 75.8 Å². The molecule has 1 aliphatic rings. The number of hydrogen-bond acceptors (Lipinski definition) is 1. The molecule has 1 nitrogen and oxygen atoms in total. The third kappa shape index (κ3) is 5.36. The van der Waals surface area contributed by atoms with Gasteiger partial charge in [-0.25, -0.2) is 0 Å². The summed E-state index contributed by atoms with van der Waals surface area (Å²) in [4.78, 5) is 0. The molecular formula is C21H30O. The van der Waals surface area contributed by atoms with Crippen molar-refractivity contribution < 1.29 is 4.74 Å². The summed E-state index contributed by atoms with van der Waals surface area (Å²) in [7, 11) is 1.71. The first-order valence-electron chi connectivity index (χ1n) is 8.86. The smallest absolute Gasteiger partial charge is 0.118 e. The number of benzene rings is 1. The van der Waals surface area contributed by atoms with Crippen molar-refractivity contribution in [2.45, 2.75) is 58.3 Å². The van der Waals surface area contributed by atoms with E-state index >= 15 is 0 Å². The van der Waals surface area contributed by atoms with Crippen LogP contribution in [0.4, 0.5) is 0 Å². The lowest BCUT2D eigenvalue weighted by atomic mass is 9.89. The molecule has 1 atom stereocenters. The molecule has 0 aliphatic heterocycles. The van der Waals surface area contributed by atoms with E-state index in [9.17, 15) is 0 Å². The summed E-state index contributed by atoms with van der Waals surface area (Å²) < 4.78 is 5.22. The molecule has 0 aromatic heterocycles. The van der Waals surface area contributed by atoms with Gasteiger partial charge in [-0.3, -0.25) is 0 Å². The second-order valence-electron chi connectivity index (χ2n) is 6.30. The molecule has 0 fully saturated rings. The van der Waals surface area contributed by atoms with E-state index in [4.69, 9.17) is 4.74 Å². The first-order chi connectivity index (χ1) is 10.8.